The molecule has 0 bridgehead atoms. The summed E-state index contributed by atoms with van der Waals surface area (Å²) in [6.07, 6.45) is 3.11. The van der Waals surface area contributed by atoms with Crippen LogP contribution in [0.5, 0.6) is 0 Å². The van der Waals surface area contributed by atoms with Gasteiger partial charge >= 0.3 is 0 Å². The number of fused-ring (bicyclic) bond motifs is 1. The highest BCUT2D eigenvalue weighted by molar-refractivity contribution is 9.11. The number of carbonyl (C=O) groups is 1. The molecule has 0 aliphatic heterocycles. The molecule has 10 heteroatoms. The normalized spacial score (nSPS) is 11.0. The molecule has 152 valence electrons. The SMILES string of the molecule is Nc1ncccc1-c1nc2ccc(-c3ccccc3)nc2n1NC(=O)c1cnc(Br)s1. The Hall–Kier alpha value is -3.63. The average Bonchev–Trinajstić information content (AvgIpc) is 3.38. The lowest BCUT2D eigenvalue weighted by atomic mass is 10.1. The topological polar surface area (TPSA) is 112 Å². The van der Waals surface area contributed by atoms with Crippen LogP contribution in [-0.2, 0) is 0 Å². The highest BCUT2D eigenvalue weighted by atomic mass is 79.9. The second-order valence-electron chi connectivity index (χ2n) is 6.53. The zero-order valence-corrected chi connectivity index (χ0v) is 18.3. The van der Waals surface area contributed by atoms with Gasteiger partial charge in [-0.1, -0.05) is 30.3 Å². The molecule has 0 atom stereocenters. The third kappa shape index (κ3) is 3.66. The van der Waals surface area contributed by atoms with Gasteiger partial charge in [-0.05, 0) is 40.2 Å². The van der Waals surface area contributed by atoms with Gasteiger partial charge in [-0.2, -0.15) is 0 Å². The molecule has 0 radical (unpaired) electrons. The molecule has 3 N–H and O–H groups in total. The third-order valence-electron chi connectivity index (χ3n) is 4.57. The Morgan fingerprint density at radius 3 is 2.61 bits per heavy atom. The fraction of sp³-hybridized carbons (Fsp3) is 0. The van der Waals surface area contributed by atoms with E-state index in [1.54, 1.807) is 23.0 Å². The third-order valence-corrected chi connectivity index (χ3v) is 6.04. The predicted octanol–water partition coefficient (Wildman–Crippen LogP) is 4.35. The quantitative estimate of drug-likeness (QED) is 0.386. The molecule has 0 saturated carbocycles. The van der Waals surface area contributed by atoms with E-state index in [1.807, 2.05) is 42.5 Å². The van der Waals surface area contributed by atoms with E-state index in [-0.39, 0.29) is 5.91 Å². The highest BCUT2D eigenvalue weighted by Crippen LogP contribution is 2.28. The summed E-state index contributed by atoms with van der Waals surface area (Å²) in [6.45, 7) is 0. The number of carbonyl (C=O) groups excluding carboxylic acids is 1. The summed E-state index contributed by atoms with van der Waals surface area (Å²) in [5.74, 6) is 0.408. The van der Waals surface area contributed by atoms with Crippen molar-refractivity contribution in [2.75, 3.05) is 11.2 Å². The Bertz CT molecular complexity index is 1410. The minimum absolute atomic E-state index is 0.303. The molecule has 0 saturated heterocycles. The lowest BCUT2D eigenvalue weighted by Gasteiger charge is -2.11. The van der Waals surface area contributed by atoms with Gasteiger partial charge in [-0.15, -0.1) is 11.3 Å². The first-order chi connectivity index (χ1) is 15.1. The van der Waals surface area contributed by atoms with Crippen LogP contribution in [0.15, 0.2) is 70.9 Å². The molecule has 1 aromatic carbocycles. The molecule has 0 aliphatic carbocycles. The number of halogens is 1. The standard InChI is InChI=1S/C21H14BrN7OS/c22-21-25-11-16(31-21)20(30)28-29-18(13-7-4-10-24-17(13)23)27-15-9-8-14(26-19(15)29)12-5-2-1-3-6-12/h1-11H,(H2,23,24)(H,28,30). The molecule has 4 heterocycles. The van der Waals surface area contributed by atoms with E-state index in [0.29, 0.717) is 37.2 Å². The molecule has 0 spiro atoms. The number of hydrogen-bond donors (Lipinski definition) is 2. The largest absolute Gasteiger partial charge is 0.383 e. The Labute approximate surface area is 188 Å². The number of hydrogen-bond acceptors (Lipinski definition) is 7. The Balaban J connectivity index is 1.69. The lowest BCUT2D eigenvalue weighted by Crippen LogP contribution is -2.23. The zero-order chi connectivity index (χ0) is 21.4. The Morgan fingerprint density at radius 1 is 1.03 bits per heavy atom. The number of benzene rings is 1. The summed E-state index contributed by atoms with van der Waals surface area (Å²) >= 11 is 4.52. The summed E-state index contributed by atoms with van der Waals surface area (Å²) in [5.41, 5.74) is 12.4. The Morgan fingerprint density at radius 2 is 1.87 bits per heavy atom. The first-order valence-electron chi connectivity index (χ1n) is 9.18. The molecule has 0 unspecified atom stereocenters. The van der Waals surface area contributed by atoms with Gasteiger partial charge in [0.15, 0.2) is 15.4 Å². The number of imidazole rings is 1. The van der Waals surface area contributed by atoms with Crippen LogP contribution < -0.4 is 11.2 Å². The van der Waals surface area contributed by atoms with Gasteiger partial charge in [-0.25, -0.2) is 24.6 Å². The Kier molecular flexibility index (Phi) is 4.92. The number of nitrogens with one attached hydrogen (secondary N) is 1. The zero-order valence-electron chi connectivity index (χ0n) is 15.9. The van der Waals surface area contributed by atoms with Crippen molar-refractivity contribution in [2.24, 2.45) is 0 Å². The van der Waals surface area contributed by atoms with Gasteiger partial charge in [0.05, 0.1) is 17.5 Å². The van der Waals surface area contributed by atoms with Crippen LogP contribution in [0.1, 0.15) is 9.67 Å². The van der Waals surface area contributed by atoms with Gasteiger partial charge < -0.3 is 5.73 Å². The van der Waals surface area contributed by atoms with E-state index in [4.69, 9.17) is 10.7 Å². The fourth-order valence-electron chi connectivity index (χ4n) is 3.13. The maximum atomic E-state index is 12.9. The van der Waals surface area contributed by atoms with Crippen LogP contribution in [0.2, 0.25) is 0 Å². The monoisotopic (exact) mass is 491 g/mol. The molecule has 0 fully saturated rings. The van der Waals surface area contributed by atoms with Crippen molar-refractivity contribution in [1.82, 2.24) is 24.6 Å². The van der Waals surface area contributed by atoms with Crippen LogP contribution in [0, 0.1) is 0 Å². The number of thiazole rings is 1. The number of nitrogen functional groups attached to an aromatic ring is 1. The van der Waals surface area contributed by atoms with Crippen LogP contribution >= 0.6 is 27.3 Å². The molecule has 5 rings (SSSR count). The molecular weight excluding hydrogens is 478 g/mol. The highest BCUT2D eigenvalue weighted by Gasteiger charge is 2.20. The second-order valence-corrected chi connectivity index (χ2v) is 8.84. The van der Waals surface area contributed by atoms with Crippen molar-refractivity contribution in [3.63, 3.8) is 0 Å². The van der Waals surface area contributed by atoms with E-state index in [9.17, 15) is 4.79 Å². The molecule has 31 heavy (non-hydrogen) atoms. The van der Waals surface area contributed by atoms with Crippen molar-refractivity contribution in [1.29, 1.82) is 0 Å². The molecule has 1 amide bonds. The maximum Gasteiger partial charge on any atom is 0.281 e. The summed E-state index contributed by atoms with van der Waals surface area (Å²) in [6, 6.07) is 17.1. The van der Waals surface area contributed by atoms with Crippen molar-refractivity contribution >= 4 is 50.2 Å². The molecular formula is C21H14BrN7OS. The van der Waals surface area contributed by atoms with E-state index in [0.717, 1.165) is 11.3 Å². The van der Waals surface area contributed by atoms with Gasteiger partial charge in [-0.3, -0.25) is 10.2 Å². The smallest absolute Gasteiger partial charge is 0.281 e. The molecule has 5 aromatic rings. The van der Waals surface area contributed by atoms with Gasteiger partial charge in [0.25, 0.3) is 5.91 Å². The van der Waals surface area contributed by atoms with E-state index >= 15 is 0 Å². The number of anilines is 1. The minimum atomic E-state index is -0.335. The average molecular weight is 492 g/mol. The van der Waals surface area contributed by atoms with E-state index < -0.39 is 0 Å². The number of rotatable bonds is 4. The van der Waals surface area contributed by atoms with Crippen LogP contribution in [0.3, 0.4) is 0 Å². The van der Waals surface area contributed by atoms with Crippen LogP contribution in [0.4, 0.5) is 5.82 Å². The number of nitrogens with two attached hydrogens (primary N) is 1. The van der Waals surface area contributed by atoms with Gasteiger partial charge in [0.1, 0.15) is 16.2 Å². The van der Waals surface area contributed by atoms with Crippen LogP contribution in [-0.4, -0.2) is 30.5 Å². The second kappa shape index (κ2) is 7.89. The van der Waals surface area contributed by atoms with Crippen molar-refractivity contribution < 1.29 is 4.79 Å². The summed E-state index contributed by atoms with van der Waals surface area (Å²) in [7, 11) is 0. The first kappa shape index (κ1) is 19.3. The number of amides is 1. The van der Waals surface area contributed by atoms with Crippen molar-refractivity contribution in [2.45, 2.75) is 0 Å². The number of aromatic nitrogens is 5. The first-order valence-corrected chi connectivity index (χ1v) is 10.8. The fourth-order valence-corrected chi connectivity index (χ4v) is 4.29. The van der Waals surface area contributed by atoms with Crippen LogP contribution in [0.25, 0.3) is 33.8 Å². The lowest BCUT2D eigenvalue weighted by molar-refractivity contribution is 0.101. The summed E-state index contributed by atoms with van der Waals surface area (Å²) < 4.78 is 2.17. The minimum Gasteiger partial charge on any atom is -0.383 e. The van der Waals surface area contributed by atoms with Crippen molar-refractivity contribution in [3.05, 3.63) is 75.8 Å². The molecule has 8 nitrogen and oxygen atoms in total. The van der Waals surface area contributed by atoms with E-state index in [1.165, 1.54) is 17.5 Å². The maximum absolute atomic E-state index is 12.9. The molecule has 0 aliphatic rings. The summed E-state index contributed by atoms with van der Waals surface area (Å²) in [5, 5.41) is 0. The number of pyridine rings is 2. The van der Waals surface area contributed by atoms with E-state index in [2.05, 4.69) is 36.3 Å². The van der Waals surface area contributed by atoms with Crippen molar-refractivity contribution in [3.8, 4) is 22.6 Å². The van der Waals surface area contributed by atoms with Gasteiger partial charge in [0, 0.05) is 11.8 Å². The van der Waals surface area contributed by atoms with Gasteiger partial charge in [0.2, 0.25) is 0 Å². The summed E-state index contributed by atoms with van der Waals surface area (Å²) in [4.78, 5) is 31.0. The number of nitrogens with zero attached hydrogens (tertiary/aromatic N) is 5. The predicted molar refractivity (Wildman–Crippen MR) is 124 cm³/mol. The molecule has 4 aromatic heterocycles.